The van der Waals surface area contributed by atoms with E-state index in [1.807, 2.05) is 59.2 Å². The molecule has 3 aliphatic rings. The van der Waals surface area contributed by atoms with Crippen LogP contribution in [-0.4, -0.2) is 74.8 Å². The molecule has 9 atom stereocenters. The lowest BCUT2D eigenvalue weighted by atomic mass is 9.70. The Kier molecular flexibility index (Phi) is 14.3. The number of fused-ring (bicyclic) bond motifs is 3. The number of halogens is 1. The van der Waals surface area contributed by atoms with Crippen LogP contribution in [0.3, 0.4) is 0 Å². The number of hydrogen-bond donors (Lipinski definition) is 1. The van der Waals surface area contributed by atoms with Crippen LogP contribution in [0.4, 0.5) is 5.69 Å². The number of ether oxygens (including phenoxy) is 3. The van der Waals surface area contributed by atoms with Crippen LogP contribution in [0, 0.1) is 17.8 Å². The van der Waals surface area contributed by atoms with Crippen LogP contribution in [0.15, 0.2) is 48.0 Å². The molecule has 0 radical (unpaired) electrons. The number of rotatable bonds is 14. The van der Waals surface area contributed by atoms with E-state index in [1.165, 1.54) is 16.7 Å². The molecule has 5 rings (SSSR count). The number of nitrogens with zero attached hydrogens (tertiary/aromatic N) is 2. The molecule has 13 heteroatoms. The number of carbonyl (C=O) groups excluding carboxylic acids is 1. The Bertz CT molecular complexity index is 1780. The van der Waals surface area contributed by atoms with Crippen LogP contribution in [0.5, 0.6) is 5.75 Å². The highest BCUT2D eigenvalue weighted by molar-refractivity contribution is 7.97. The van der Waals surface area contributed by atoms with Gasteiger partial charge in [0.05, 0.1) is 29.2 Å². The van der Waals surface area contributed by atoms with Crippen molar-refractivity contribution in [3.63, 3.8) is 0 Å². The normalized spacial score (nSPS) is 24.5. The molecule has 0 saturated heterocycles. The molecule has 300 valence electrons. The first kappa shape index (κ1) is 43.4. The molecule has 9 nitrogen and oxygen atoms in total. The standard InChI is InChI=1S/C41H62ClN3O6P2S/c1-11-29(21-26(2)27(3)28(4)54(47,48)45(52-9)53-10)38(49-8)33-16-18-35(33)43-44-24-41(20-12-13-30-22-32(42)15-17-34(30)41)25-50-37-19-14-31(23-36(37)44)39(46)51-40(5,6)7/h14-15,17,19,21-23,26-28,33,35,38,43,52-53H,11-13,16,18,20,24-25H2,1-10H3/b29-21+/t26?,27-,28+,33+,35+,38-,41-/m0/s1. The summed E-state index contributed by atoms with van der Waals surface area (Å²) in [5.74, 6) is 0.509. The molecule has 2 aromatic carbocycles. The van der Waals surface area contributed by atoms with Crippen molar-refractivity contribution < 1.29 is 27.4 Å². The van der Waals surface area contributed by atoms with E-state index in [9.17, 15) is 13.2 Å². The summed E-state index contributed by atoms with van der Waals surface area (Å²) in [4.78, 5) is 13.3. The van der Waals surface area contributed by atoms with Gasteiger partial charge in [-0.15, -0.1) is 0 Å². The SMILES string of the molecule is CC/C(=C\C(C)[C@H](C)[C@@H](C)S(=O)(=O)N(PC)PC)[C@H](OC)[C@@H]1CC[C@H]1NN1C[C@@]2(CCCc3cc(Cl)ccc32)COc2ccc(C(=O)OC(C)(C)C)cc21. The monoisotopic (exact) mass is 821 g/mol. The Morgan fingerprint density at radius 3 is 2.48 bits per heavy atom. The van der Waals surface area contributed by atoms with Crippen LogP contribution in [0.2, 0.25) is 5.02 Å². The molecule has 54 heavy (non-hydrogen) atoms. The van der Waals surface area contributed by atoms with Crippen LogP contribution < -0.4 is 15.2 Å². The molecule has 0 aromatic heterocycles. The number of carbonyl (C=O) groups is 1. The van der Waals surface area contributed by atoms with Gasteiger partial charge < -0.3 is 19.2 Å². The van der Waals surface area contributed by atoms with Gasteiger partial charge in [-0.1, -0.05) is 44.5 Å². The lowest BCUT2D eigenvalue weighted by Crippen LogP contribution is -2.59. The van der Waals surface area contributed by atoms with Crippen molar-refractivity contribution in [1.82, 2.24) is 9.27 Å². The quantitative estimate of drug-likeness (QED) is 0.115. The van der Waals surface area contributed by atoms with E-state index >= 15 is 0 Å². The van der Waals surface area contributed by atoms with E-state index in [-0.39, 0.29) is 58.7 Å². The van der Waals surface area contributed by atoms with Crippen LogP contribution >= 0.6 is 29.1 Å². The molecule has 3 unspecified atom stereocenters. The van der Waals surface area contributed by atoms with Crippen molar-refractivity contribution in [2.45, 2.75) is 115 Å². The molecule has 0 amide bonds. The number of nitrogens with one attached hydrogen (secondary N) is 1. The number of hydrogen-bond acceptors (Lipinski definition) is 8. The van der Waals surface area contributed by atoms with Crippen molar-refractivity contribution in [2.24, 2.45) is 17.8 Å². The maximum Gasteiger partial charge on any atom is 0.338 e. The second-order valence-electron chi connectivity index (χ2n) is 16.4. The molecule has 1 fully saturated rings. The van der Waals surface area contributed by atoms with Gasteiger partial charge in [0.15, 0.2) is 0 Å². The summed E-state index contributed by atoms with van der Waals surface area (Å²) in [6, 6.07) is 11.9. The largest absolute Gasteiger partial charge is 0.490 e. The first-order valence-electron chi connectivity index (χ1n) is 19.4. The number of benzene rings is 2. The zero-order valence-corrected chi connectivity index (χ0v) is 37.4. The van der Waals surface area contributed by atoms with Gasteiger partial charge in [-0.3, -0.25) is 0 Å². The van der Waals surface area contributed by atoms with Gasteiger partial charge in [-0.2, -0.15) is 3.85 Å². The number of allylic oxidation sites excluding steroid dienone is 1. The summed E-state index contributed by atoms with van der Waals surface area (Å²) in [7, 11) is -1.16. The van der Waals surface area contributed by atoms with E-state index in [1.54, 1.807) is 17.0 Å². The minimum Gasteiger partial charge on any atom is -0.490 e. The Labute approximate surface area is 333 Å². The maximum absolute atomic E-state index is 13.4. The molecular weight excluding hydrogens is 760 g/mol. The first-order valence-corrected chi connectivity index (χ1v) is 24.2. The van der Waals surface area contributed by atoms with Crippen molar-refractivity contribution in [2.75, 3.05) is 38.6 Å². The van der Waals surface area contributed by atoms with Crippen molar-refractivity contribution in [3.05, 3.63) is 69.8 Å². The maximum atomic E-state index is 13.4. The van der Waals surface area contributed by atoms with E-state index in [4.69, 9.17) is 25.8 Å². The molecular formula is C41H62ClN3O6P2S. The number of methoxy groups -OCH3 is 1. The Hall–Kier alpha value is -1.77. The highest BCUT2D eigenvalue weighted by Gasteiger charge is 2.45. The molecule has 1 saturated carbocycles. The number of anilines is 1. The summed E-state index contributed by atoms with van der Waals surface area (Å²) in [6.45, 7) is 18.8. The highest BCUT2D eigenvalue weighted by Crippen LogP contribution is 2.46. The third-order valence-electron chi connectivity index (χ3n) is 11.8. The van der Waals surface area contributed by atoms with Gasteiger partial charge in [0.1, 0.15) is 11.4 Å². The smallest absolute Gasteiger partial charge is 0.338 e. The summed E-state index contributed by atoms with van der Waals surface area (Å²) >= 11 is 6.49. The highest BCUT2D eigenvalue weighted by atomic mass is 35.5. The van der Waals surface area contributed by atoms with Gasteiger partial charge in [-0.05, 0) is 156 Å². The summed E-state index contributed by atoms with van der Waals surface area (Å²) in [6.07, 6.45) is 7.87. The molecule has 1 heterocycles. The number of sulfonamides is 1. The van der Waals surface area contributed by atoms with E-state index in [0.717, 1.165) is 55.0 Å². The summed E-state index contributed by atoms with van der Waals surface area (Å²) in [5, 5.41) is 2.47. The molecule has 1 aliphatic heterocycles. The predicted octanol–water partition coefficient (Wildman–Crippen LogP) is 9.14. The van der Waals surface area contributed by atoms with E-state index in [0.29, 0.717) is 18.7 Å². The second-order valence-corrected chi connectivity index (χ2v) is 21.9. The molecule has 2 aromatic rings. The topological polar surface area (TPSA) is 97.4 Å². The average Bonchev–Trinajstić information content (AvgIpc) is 3.26. The first-order chi connectivity index (χ1) is 25.5. The van der Waals surface area contributed by atoms with E-state index < -0.39 is 20.9 Å². The number of aryl methyl sites for hydroxylation is 1. The minimum atomic E-state index is -3.39. The summed E-state index contributed by atoms with van der Waals surface area (Å²) < 4.78 is 47.3. The van der Waals surface area contributed by atoms with Gasteiger partial charge in [0.2, 0.25) is 10.0 Å². The average molecular weight is 822 g/mol. The molecule has 1 spiro atoms. The third-order valence-corrected chi connectivity index (χ3v) is 18.7. The molecule has 1 N–H and O–H groups in total. The Balaban J connectivity index is 1.45. The molecule has 2 aliphatic carbocycles. The lowest BCUT2D eigenvalue weighted by molar-refractivity contribution is 0.00694. The minimum absolute atomic E-state index is 0.0386. The van der Waals surface area contributed by atoms with Crippen LogP contribution in [0.1, 0.15) is 102 Å². The predicted molar refractivity (Wildman–Crippen MR) is 226 cm³/mol. The van der Waals surface area contributed by atoms with Crippen molar-refractivity contribution in [1.29, 1.82) is 0 Å². The fourth-order valence-electron chi connectivity index (χ4n) is 8.42. The van der Waals surface area contributed by atoms with Gasteiger partial charge in [0, 0.05) is 36.1 Å². The van der Waals surface area contributed by atoms with Crippen molar-refractivity contribution >= 4 is 50.7 Å². The fourth-order valence-corrected chi connectivity index (χ4v) is 13.7. The van der Waals surface area contributed by atoms with Gasteiger partial charge in [0.25, 0.3) is 0 Å². The Morgan fingerprint density at radius 1 is 1.15 bits per heavy atom. The lowest BCUT2D eigenvalue weighted by Gasteiger charge is -2.47. The molecule has 0 bridgehead atoms. The van der Waals surface area contributed by atoms with E-state index in [2.05, 4.69) is 49.4 Å². The second kappa shape index (κ2) is 17.8. The number of esters is 1. The number of hydrazine groups is 1. The third kappa shape index (κ3) is 9.33. The van der Waals surface area contributed by atoms with Gasteiger partial charge >= 0.3 is 5.97 Å². The zero-order valence-electron chi connectivity index (χ0n) is 33.8. The van der Waals surface area contributed by atoms with Crippen LogP contribution in [0.25, 0.3) is 0 Å². The van der Waals surface area contributed by atoms with Crippen LogP contribution in [-0.2, 0) is 31.3 Å². The fraction of sp³-hybridized carbons (Fsp3) is 0.634. The van der Waals surface area contributed by atoms with Gasteiger partial charge in [-0.25, -0.2) is 18.6 Å². The Morgan fingerprint density at radius 2 is 1.87 bits per heavy atom. The zero-order chi connectivity index (χ0) is 39.6. The van der Waals surface area contributed by atoms with Crippen molar-refractivity contribution in [3.8, 4) is 5.75 Å². The summed E-state index contributed by atoms with van der Waals surface area (Å²) in [5.41, 5.74) is 8.05.